The van der Waals surface area contributed by atoms with Crippen molar-refractivity contribution in [3.05, 3.63) is 239 Å². The first-order valence-electron chi connectivity index (χ1n) is 24.3. The van der Waals surface area contributed by atoms with Gasteiger partial charge in [0.15, 0.2) is 0 Å². The van der Waals surface area contributed by atoms with Crippen LogP contribution in [0.25, 0.3) is 44.5 Å². The van der Waals surface area contributed by atoms with Gasteiger partial charge in [-0.15, -0.1) is 0 Å². The molecular formula is C66H62BrClN2. The van der Waals surface area contributed by atoms with Gasteiger partial charge in [0.1, 0.15) is 0 Å². The van der Waals surface area contributed by atoms with Crippen LogP contribution in [0.1, 0.15) is 79.0 Å². The van der Waals surface area contributed by atoms with Gasteiger partial charge in [0.05, 0.1) is 11.4 Å². The summed E-state index contributed by atoms with van der Waals surface area (Å²) in [7, 11) is 0. The van der Waals surface area contributed by atoms with Crippen LogP contribution in [-0.4, -0.2) is 0 Å². The molecule has 0 aliphatic carbocycles. The highest BCUT2D eigenvalue weighted by molar-refractivity contribution is 9.10. The lowest BCUT2D eigenvalue weighted by atomic mass is 9.81. The average molecular weight is 999 g/mol. The normalized spacial score (nSPS) is 11.9. The average Bonchev–Trinajstić information content (AvgIpc) is 3.34. The van der Waals surface area contributed by atoms with Crippen LogP contribution in [-0.2, 0) is 16.2 Å². The minimum atomic E-state index is -0.255. The fraction of sp³-hybridized carbons (Fsp3) is 0.182. The molecule has 0 atom stereocenters. The van der Waals surface area contributed by atoms with Crippen molar-refractivity contribution in [3.63, 3.8) is 0 Å². The summed E-state index contributed by atoms with van der Waals surface area (Å²) >= 11 is 11.0. The first-order chi connectivity index (χ1) is 33.4. The maximum Gasteiger partial charge on any atom is 0.0618 e. The van der Waals surface area contributed by atoms with E-state index in [0.717, 1.165) is 83.1 Å². The Kier molecular flexibility index (Phi) is 13.6. The summed E-state index contributed by atoms with van der Waals surface area (Å²) in [6, 6.07) is 77.4. The highest BCUT2D eigenvalue weighted by atomic mass is 79.9. The summed E-state index contributed by atoms with van der Waals surface area (Å²) in [6.45, 7) is 20.8. The molecule has 0 spiro atoms. The molecule has 4 heteroatoms. The topological polar surface area (TPSA) is 6.48 Å². The van der Waals surface area contributed by atoms with E-state index in [-0.39, 0.29) is 16.2 Å². The van der Waals surface area contributed by atoms with Gasteiger partial charge < -0.3 is 9.80 Å². The van der Waals surface area contributed by atoms with Gasteiger partial charge in [-0.05, 0) is 134 Å². The number of nitrogens with zero attached hydrogens (tertiary/aromatic N) is 2. The Bertz CT molecular complexity index is 2940. The molecule has 0 aliphatic rings. The number of anilines is 6. The number of hydrogen-bond donors (Lipinski definition) is 0. The van der Waals surface area contributed by atoms with Gasteiger partial charge in [0.25, 0.3) is 0 Å². The summed E-state index contributed by atoms with van der Waals surface area (Å²) in [6.07, 6.45) is 0. The zero-order valence-electron chi connectivity index (χ0n) is 41.9. The molecular weight excluding hydrogens is 936 g/mol. The van der Waals surface area contributed by atoms with Gasteiger partial charge in [-0.2, -0.15) is 0 Å². The Morgan fingerprint density at radius 3 is 0.943 bits per heavy atom. The van der Waals surface area contributed by atoms with Crippen molar-refractivity contribution >= 4 is 61.7 Å². The van der Waals surface area contributed by atoms with Crippen molar-refractivity contribution in [2.75, 3.05) is 9.80 Å². The van der Waals surface area contributed by atoms with Crippen molar-refractivity contribution in [2.24, 2.45) is 0 Å². The summed E-state index contributed by atoms with van der Waals surface area (Å²) in [4.78, 5) is 4.95. The minimum Gasteiger partial charge on any atom is -0.309 e. The third-order valence-electron chi connectivity index (χ3n) is 13.2. The number of rotatable bonds is 10. The molecule has 0 amide bonds. The summed E-state index contributed by atoms with van der Waals surface area (Å²) in [5.74, 6) is 0. The van der Waals surface area contributed by atoms with Crippen LogP contribution in [0.5, 0.6) is 0 Å². The van der Waals surface area contributed by atoms with E-state index < -0.39 is 0 Å². The SMILES string of the molecule is CC(C)(C)c1cc(N(c2cccc(Cl)c2)c2c(-c3ccccc3)cc(C(C)(C)C)cc2-c2ccccc2)cc(N(c2cccc(Br)c2)c2c(-c3ccccc3)cc(C(C)(C)C)cc2-c2ccccc2)c1. The van der Waals surface area contributed by atoms with Crippen LogP contribution >= 0.6 is 27.5 Å². The molecule has 9 rings (SSSR count). The van der Waals surface area contributed by atoms with Crippen molar-refractivity contribution < 1.29 is 0 Å². The molecule has 70 heavy (non-hydrogen) atoms. The van der Waals surface area contributed by atoms with Crippen LogP contribution in [0, 0.1) is 0 Å². The van der Waals surface area contributed by atoms with Gasteiger partial charge in [0, 0.05) is 54.5 Å². The van der Waals surface area contributed by atoms with Crippen LogP contribution < -0.4 is 9.80 Å². The Labute approximate surface area is 430 Å². The lowest BCUT2D eigenvalue weighted by molar-refractivity contribution is 0.590. The molecule has 0 saturated heterocycles. The molecule has 0 aliphatic heterocycles. The monoisotopic (exact) mass is 996 g/mol. The predicted molar refractivity (Wildman–Crippen MR) is 306 cm³/mol. The molecule has 350 valence electrons. The quantitative estimate of drug-likeness (QED) is 0.135. The number of hydrogen-bond acceptors (Lipinski definition) is 2. The molecule has 0 saturated carbocycles. The Balaban J connectivity index is 1.46. The molecule has 0 bridgehead atoms. The predicted octanol–water partition coefficient (Wildman–Crippen LogP) is 20.6. The first-order valence-corrected chi connectivity index (χ1v) is 25.5. The van der Waals surface area contributed by atoms with Gasteiger partial charge >= 0.3 is 0 Å². The standard InChI is InChI=1S/C66H62BrClN2/c1-64(2,3)49-36-56(69(54-34-22-32-52(67)42-54)62-58(45-24-14-10-15-25-45)38-50(65(4,5)6)39-59(62)46-26-16-11-17-27-46)44-57(37-49)70(55-35-23-33-53(68)43-55)63-60(47-28-18-12-19-29-47)40-51(66(7,8)9)41-61(63)48-30-20-13-21-31-48/h10-44H,1-9H3. The van der Waals surface area contributed by atoms with Gasteiger partial charge in [-0.25, -0.2) is 0 Å². The molecule has 0 unspecified atom stereocenters. The molecule has 0 N–H and O–H groups in total. The Morgan fingerprint density at radius 1 is 0.314 bits per heavy atom. The zero-order chi connectivity index (χ0) is 49.4. The second-order valence-corrected chi connectivity index (χ2v) is 22.8. The Hall–Kier alpha value is -6.65. The van der Waals surface area contributed by atoms with Gasteiger partial charge in [-0.3, -0.25) is 0 Å². The highest BCUT2D eigenvalue weighted by Gasteiger charge is 2.31. The maximum absolute atomic E-state index is 7.08. The fourth-order valence-electron chi connectivity index (χ4n) is 9.30. The molecule has 9 aromatic rings. The second kappa shape index (κ2) is 19.6. The molecule has 0 radical (unpaired) electrons. The maximum atomic E-state index is 7.08. The second-order valence-electron chi connectivity index (χ2n) is 21.4. The van der Waals surface area contributed by atoms with E-state index in [2.05, 4.69) is 294 Å². The van der Waals surface area contributed by atoms with Gasteiger partial charge in [0.2, 0.25) is 0 Å². The minimum absolute atomic E-state index is 0.127. The summed E-state index contributed by atoms with van der Waals surface area (Å²) in [5, 5.41) is 0.665. The van der Waals surface area contributed by atoms with E-state index in [1.807, 2.05) is 6.07 Å². The van der Waals surface area contributed by atoms with Crippen LogP contribution in [0.4, 0.5) is 34.1 Å². The van der Waals surface area contributed by atoms with E-state index in [1.54, 1.807) is 0 Å². The molecule has 0 heterocycles. The number of halogens is 2. The van der Waals surface area contributed by atoms with Crippen LogP contribution in [0.2, 0.25) is 5.02 Å². The van der Waals surface area contributed by atoms with E-state index in [9.17, 15) is 0 Å². The fourth-order valence-corrected chi connectivity index (χ4v) is 9.87. The molecule has 0 fully saturated rings. The lowest BCUT2D eigenvalue weighted by Crippen LogP contribution is -2.20. The van der Waals surface area contributed by atoms with Crippen molar-refractivity contribution in [1.29, 1.82) is 0 Å². The molecule has 9 aromatic carbocycles. The molecule has 2 nitrogen and oxygen atoms in total. The molecule has 0 aromatic heterocycles. The lowest BCUT2D eigenvalue weighted by Gasteiger charge is -2.36. The van der Waals surface area contributed by atoms with Gasteiger partial charge in [-0.1, -0.05) is 223 Å². The van der Waals surface area contributed by atoms with Crippen molar-refractivity contribution in [3.8, 4) is 44.5 Å². The smallest absolute Gasteiger partial charge is 0.0618 e. The zero-order valence-corrected chi connectivity index (χ0v) is 44.2. The van der Waals surface area contributed by atoms with Crippen molar-refractivity contribution in [2.45, 2.75) is 78.6 Å². The number of benzene rings is 9. The van der Waals surface area contributed by atoms with Crippen molar-refractivity contribution in [1.82, 2.24) is 0 Å². The van der Waals surface area contributed by atoms with Crippen LogP contribution in [0.3, 0.4) is 0 Å². The van der Waals surface area contributed by atoms with Crippen LogP contribution in [0.15, 0.2) is 217 Å². The highest BCUT2D eigenvalue weighted by Crippen LogP contribution is 2.53. The Morgan fingerprint density at radius 2 is 0.629 bits per heavy atom. The van der Waals surface area contributed by atoms with E-state index in [0.29, 0.717) is 5.02 Å². The largest absolute Gasteiger partial charge is 0.309 e. The summed E-state index contributed by atoms with van der Waals surface area (Å²) in [5.41, 5.74) is 18.5. The van der Waals surface area contributed by atoms with E-state index in [1.165, 1.54) is 16.7 Å². The van der Waals surface area contributed by atoms with E-state index >= 15 is 0 Å². The third-order valence-corrected chi connectivity index (χ3v) is 13.9. The first kappa shape index (κ1) is 48.4. The summed E-state index contributed by atoms with van der Waals surface area (Å²) < 4.78 is 0.996. The third kappa shape index (κ3) is 10.3. The van der Waals surface area contributed by atoms with E-state index in [4.69, 9.17) is 11.6 Å².